The lowest BCUT2D eigenvalue weighted by Crippen LogP contribution is -2.30. The molecule has 0 aliphatic rings. The first kappa shape index (κ1) is 87.1. The smallest absolute Gasteiger partial charge is 0.462 e. The molecule has 0 aromatic heterocycles. The standard InChI is InChI=1S/C70H136O17P2/c1-8-9-10-11-12-21-30-37-44-51-67(72)80-58-66(87-70(75)54-47-40-33-26-29-36-43-50-63(6)7)60-85-89(78,79)83-56-64(71)55-82-88(76,77)84-59-65(57-81-68(73)52-45-38-31-24-20-19-23-28-35-42-49-62(4)5)86-69(74)53-46-39-32-25-18-16-14-13-15-17-22-27-34-41-48-61(2)3/h61-66,71H,8-60H2,1-7H3,(H,76,77)(H,78,79)/t64-,65-,66-/m1/s1. The number of phosphoric ester groups is 2. The van der Waals surface area contributed by atoms with E-state index in [1.165, 1.54) is 161 Å². The molecule has 0 aliphatic heterocycles. The predicted molar refractivity (Wildman–Crippen MR) is 358 cm³/mol. The second-order valence-electron chi connectivity index (χ2n) is 26.7. The molecule has 528 valence electrons. The van der Waals surface area contributed by atoms with Crippen LogP contribution < -0.4 is 0 Å². The first-order valence-electron chi connectivity index (χ1n) is 36.3. The van der Waals surface area contributed by atoms with Crippen LogP contribution in [0.4, 0.5) is 0 Å². The molecule has 19 heteroatoms. The van der Waals surface area contributed by atoms with E-state index in [9.17, 15) is 43.2 Å². The first-order valence-corrected chi connectivity index (χ1v) is 39.3. The molecule has 0 heterocycles. The van der Waals surface area contributed by atoms with Crippen molar-refractivity contribution < 1.29 is 80.2 Å². The Morgan fingerprint density at radius 2 is 0.517 bits per heavy atom. The Balaban J connectivity index is 5.23. The van der Waals surface area contributed by atoms with Crippen LogP contribution in [-0.4, -0.2) is 96.7 Å². The molecule has 0 radical (unpaired) electrons. The van der Waals surface area contributed by atoms with Gasteiger partial charge in [-0.1, -0.05) is 299 Å². The number of aliphatic hydroxyl groups excluding tert-OH is 1. The molecule has 0 amide bonds. The Labute approximate surface area is 543 Å². The molecule has 0 saturated carbocycles. The van der Waals surface area contributed by atoms with E-state index in [0.717, 1.165) is 102 Å². The number of hydrogen-bond donors (Lipinski definition) is 3. The summed E-state index contributed by atoms with van der Waals surface area (Å²) < 4.78 is 68.2. The monoisotopic (exact) mass is 1310 g/mol. The van der Waals surface area contributed by atoms with Crippen molar-refractivity contribution in [1.82, 2.24) is 0 Å². The molecule has 0 rings (SSSR count). The van der Waals surface area contributed by atoms with Crippen molar-refractivity contribution in [1.29, 1.82) is 0 Å². The fourth-order valence-electron chi connectivity index (χ4n) is 10.5. The highest BCUT2D eigenvalue weighted by Gasteiger charge is 2.30. The summed E-state index contributed by atoms with van der Waals surface area (Å²) in [5.41, 5.74) is 0. The SMILES string of the molecule is CCCCCCCCCCCC(=O)OC[C@H](COP(=O)(O)OC[C@H](O)COP(=O)(O)OC[C@@H](COC(=O)CCCCCCCCCCCCC(C)C)OC(=O)CCCCCCCCCCCCCCCCC(C)C)OC(=O)CCCCCCCCCC(C)C. The lowest BCUT2D eigenvalue weighted by atomic mass is 10.0. The number of phosphoric acid groups is 2. The maximum atomic E-state index is 13.0. The Kier molecular flexibility index (Phi) is 59.6. The normalized spacial score (nSPS) is 14.2. The minimum Gasteiger partial charge on any atom is -0.462 e. The van der Waals surface area contributed by atoms with Gasteiger partial charge in [-0.15, -0.1) is 0 Å². The lowest BCUT2D eigenvalue weighted by Gasteiger charge is -2.21. The van der Waals surface area contributed by atoms with Crippen LogP contribution in [-0.2, 0) is 65.4 Å². The third-order valence-electron chi connectivity index (χ3n) is 16.1. The molecule has 89 heavy (non-hydrogen) atoms. The van der Waals surface area contributed by atoms with Gasteiger partial charge in [0, 0.05) is 25.7 Å². The second-order valence-corrected chi connectivity index (χ2v) is 29.6. The van der Waals surface area contributed by atoms with Crippen molar-refractivity contribution in [3.8, 4) is 0 Å². The molecule has 0 fully saturated rings. The maximum absolute atomic E-state index is 13.0. The van der Waals surface area contributed by atoms with Gasteiger partial charge < -0.3 is 33.8 Å². The summed E-state index contributed by atoms with van der Waals surface area (Å²) in [6.45, 7) is 11.8. The van der Waals surface area contributed by atoms with Gasteiger partial charge in [0.2, 0.25) is 0 Å². The van der Waals surface area contributed by atoms with Crippen molar-refractivity contribution in [2.45, 2.75) is 369 Å². The lowest BCUT2D eigenvalue weighted by molar-refractivity contribution is -0.161. The third kappa shape index (κ3) is 64.6. The molecule has 17 nitrogen and oxygen atoms in total. The summed E-state index contributed by atoms with van der Waals surface area (Å²) in [5, 5.41) is 10.6. The molecule has 0 aromatic rings. The van der Waals surface area contributed by atoms with Gasteiger partial charge >= 0.3 is 39.5 Å². The van der Waals surface area contributed by atoms with Gasteiger partial charge in [-0.2, -0.15) is 0 Å². The fourth-order valence-corrected chi connectivity index (χ4v) is 12.1. The van der Waals surface area contributed by atoms with E-state index in [-0.39, 0.29) is 25.7 Å². The Morgan fingerprint density at radius 3 is 0.764 bits per heavy atom. The molecule has 2 unspecified atom stereocenters. The van der Waals surface area contributed by atoms with Crippen LogP contribution >= 0.6 is 15.6 Å². The van der Waals surface area contributed by atoms with Gasteiger partial charge in [-0.3, -0.25) is 37.3 Å². The van der Waals surface area contributed by atoms with Crippen molar-refractivity contribution in [3.63, 3.8) is 0 Å². The minimum absolute atomic E-state index is 0.103. The molecule has 0 spiro atoms. The van der Waals surface area contributed by atoms with E-state index < -0.39 is 97.5 Å². The van der Waals surface area contributed by atoms with E-state index in [2.05, 4.69) is 48.5 Å². The minimum atomic E-state index is -4.95. The maximum Gasteiger partial charge on any atom is 0.472 e. The zero-order chi connectivity index (χ0) is 65.9. The highest BCUT2D eigenvalue weighted by atomic mass is 31.2. The van der Waals surface area contributed by atoms with Gasteiger partial charge in [0.25, 0.3) is 0 Å². The average molecular weight is 1310 g/mol. The quantitative estimate of drug-likeness (QED) is 0.0222. The van der Waals surface area contributed by atoms with Crippen LogP contribution in [0.25, 0.3) is 0 Å². The average Bonchev–Trinajstić information content (AvgIpc) is 3.70. The molecular formula is C70H136O17P2. The molecule has 0 bridgehead atoms. The number of carbonyl (C=O) groups is 4. The molecule has 0 aromatic carbocycles. The van der Waals surface area contributed by atoms with Gasteiger partial charge in [-0.25, -0.2) is 9.13 Å². The van der Waals surface area contributed by atoms with E-state index in [1.807, 2.05) is 0 Å². The summed E-state index contributed by atoms with van der Waals surface area (Å²) in [6, 6.07) is 0. The zero-order valence-electron chi connectivity index (χ0n) is 57.9. The van der Waals surface area contributed by atoms with Crippen LogP contribution in [0.1, 0.15) is 350 Å². The third-order valence-corrected chi connectivity index (χ3v) is 18.0. The summed E-state index contributed by atoms with van der Waals surface area (Å²) in [5.74, 6) is 0.120. The zero-order valence-corrected chi connectivity index (χ0v) is 59.7. The van der Waals surface area contributed by atoms with Crippen LogP contribution in [0.5, 0.6) is 0 Å². The van der Waals surface area contributed by atoms with Crippen molar-refractivity contribution >= 4 is 39.5 Å². The van der Waals surface area contributed by atoms with Crippen molar-refractivity contribution in [3.05, 3.63) is 0 Å². The van der Waals surface area contributed by atoms with Crippen molar-refractivity contribution in [2.75, 3.05) is 39.6 Å². The number of esters is 4. The van der Waals surface area contributed by atoms with Gasteiger partial charge in [0.15, 0.2) is 12.2 Å². The van der Waals surface area contributed by atoms with Gasteiger partial charge in [0.1, 0.15) is 19.3 Å². The number of ether oxygens (including phenoxy) is 4. The predicted octanol–water partition coefficient (Wildman–Crippen LogP) is 19.8. The van der Waals surface area contributed by atoms with E-state index in [1.54, 1.807) is 0 Å². The number of hydrogen-bond acceptors (Lipinski definition) is 15. The number of carbonyl (C=O) groups excluding carboxylic acids is 4. The van der Waals surface area contributed by atoms with Crippen molar-refractivity contribution in [2.24, 2.45) is 17.8 Å². The number of aliphatic hydroxyl groups is 1. The molecule has 0 aliphatic carbocycles. The molecule has 3 N–H and O–H groups in total. The largest absolute Gasteiger partial charge is 0.472 e. The highest BCUT2D eigenvalue weighted by Crippen LogP contribution is 2.45. The van der Waals surface area contributed by atoms with Crippen LogP contribution in [0.15, 0.2) is 0 Å². The summed E-state index contributed by atoms with van der Waals surface area (Å²) in [6.07, 6.45) is 44.5. The first-order chi connectivity index (χ1) is 42.7. The van der Waals surface area contributed by atoms with Crippen LogP contribution in [0.3, 0.4) is 0 Å². The fraction of sp³-hybridized carbons (Fsp3) is 0.943. The Bertz CT molecular complexity index is 1750. The van der Waals surface area contributed by atoms with Crippen LogP contribution in [0.2, 0.25) is 0 Å². The number of rotatable bonds is 68. The topological polar surface area (TPSA) is 237 Å². The molecule has 0 saturated heterocycles. The van der Waals surface area contributed by atoms with E-state index in [4.69, 9.17) is 37.0 Å². The summed E-state index contributed by atoms with van der Waals surface area (Å²) in [7, 11) is -9.90. The van der Waals surface area contributed by atoms with Gasteiger partial charge in [0.05, 0.1) is 26.4 Å². The summed E-state index contributed by atoms with van der Waals surface area (Å²) in [4.78, 5) is 72.5. The molecule has 5 atom stereocenters. The van der Waals surface area contributed by atoms with Crippen LogP contribution in [0, 0.1) is 17.8 Å². The number of unbranched alkanes of at least 4 members (excludes halogenated alkanes) is 36. The van der Waals surface area contributed by atoms with Gasteiger partial charge in [-0.05, 0) is 43.4 Å². The Hall–Kier alpha value is -1.94. The molecular weight excluding hydrogens is 1170 g/mol. The van der Waals surface area contributed by atoms with E-state index >= 15 is 0 Å². The van der Waals surface area contributed by atoms with E-state index in [0.29, 0.717) is 31.6 Å². The highest BCUT2D eigenvalue weighted by molar-refractivity contribution is 7.47. The second kappa shape index (κ2) is 61.0. The Morgan fingerprint density at radius 1 is 0.303 bits per heavy atom. The summed E-state index contributed by atoms with van der Waals surface area (Å²) >= 11 is 0.